The summed E-state index contributed by atoms with van der Waals surface area (Å²) in [5, 5.41) is 0. The molecule has 0 aliphatic heterocycles. The van der Waals surface area contributed by atoms with Crippen LogP contribution in [0.1, 0.15) is 94.2 Å². The molecule has 0 spiro atoms. The highest BCUT2D eigenvalue weighted by atomic mass is 14.8. The first-order valence-corrected chi connectivity index (χ1v) is 10.7. The van der Waals surface area contributed by atoms with Gasteiger partial charge < -0.3 is 5.73 Å². The minimum absolute atomic E-state index is 0.0959. The number of hydrogen-bond donors (Lipinski definition) is 1. The van der Waals surface area contributed by atoms with Gasteiger partial charge in [0.15, 0.2) is 0 Å². The fourth-order valence-corrected chi connectivity index (χ4v) is 4.97. The number of hydrogen-bond acceptors (Lipinski definition) is 1. The van der Waals surface area contributed by atoms with E-state index in [0.717, 1.165) is 12.3 Å². The second-order valence-corrected chi connectivity index (χ2v) is 8.65. The van der Waals surface area contributed by atoms with E-state index < -0.39 is 0 Å². The van der Waals surface area contributed by atoms with E-state index in [1.54, 1.807) is 16.7 Å². The van der Waals surface area contributed by atoms with Gasteiger partial charge in [0.1, 0.15) is 0 Å². The second kappa shape index (κ2) is 8.54. The van der Waals surface area contributed by atoms with E-state index >= 15 is 0 Å². The summed E-state index contributed by atoms with van der Waals surface area (Å²) < 4.78 is 0. The molecule has 1 heteroatoms. The standard InChI is InChI=1S/C24H37N/c1-3-5-6-7-8-9-19-10-11-21-17-22(13-12-20(21)16-19)23-14-15-24(25,4-2)18-23/h3,5,12-13,17,19,23H,4,6-11,14-16,18,25H2,1-2H3/b5-3+/t19-,23+,24-/m1/s1. The number of rotatable bonds is 7. The predicted molar refractivity (Wildman–Crippen MR) is 109 cm³/mol. The van der Waals surface area contributed by atoms with Gasteiger partial charge in [0.05, 0.1) is 0 Å². The van der Waals surface area contributed by atoms with Gasteiger partial charge in [-0.2, -0.15) is 0 Å². The van der Waals surface area contributed by atoms with E-state index in [2.05, 4.69) is 44.2 Å². The highest BCUT2D eigenvalue weighted by Crippen LogP contribution is 2.42. The molecule has 1 saturated carbocycles. The van der Waals surface area contributed by atoms with Gasteiger partial charge in [0, 0.05) is 5.54 Å². The third-order valence-corrected chi connectivity index (χ3v) is 6.85. The molecule has 1 aromatic rings. The summed E-state index contributed by atoms with van der Waals surface area (Å²) in [4.78, 5) is 0. The van der Waals surface area contributed by atoms with Gasteiger partial charge in [0.2, 0.25) is 0 Å². The first kappa shape index (κ1) is 18.7. The van der Waals surface area contributed by atoms with Gasteiger partial charge in [-0.3, -0.25) is 0 Å². The molecule has 0 bridgehead atoms. The third-order valence-electron chi connectivity index (χ3n) is 6.85. The third kappa shape index (κ3) is 4.76. The summed E-state index contributed by atoms with van der Waals surface area (Å²) in [6, 6.07) is 7.39. The Balaban J connectivity index is 1.55. The normalized spacial score (nSPS) is 29.2. The molecule has 2 aliphatic rings. The lowest BCUT2D eigenvalue weighted by Crippen LogP contribution is -2.35. The van der Waals surface area contributed by atoms with Crippen LogP contribution in [0.2, 0.25) is 0 Å². The van der Waals surface area contributed by atoms with E-state index in [1.807, 2.05) is 0 Å². The van der Waals surface area contributed by atoms with E-state index in [1.165, 1.54) is 64.2 Å². The zero-order valence-corrected chi connectivity index (χ0v) is 16.4. The molecule has 3 rings (SSSR count). The maximum absolute atomic E-state index is 6.51. The molecule has 0 amide bonds. The monoisotopic (exact) mass is 339 g/mol. The van der Waals surface area contributed by atoms with Crippen LogP contribution < -0.4 is 5.73 Å². The molecule has 3 atom stereocenters. The zero-order valence-electron chi connectivity index (χ0n) is 16.4. The molecule has 2 aliphatic carbocycles. The van der Waals surface area contributed by atoms with Crippen LogP contribution in [-0.2, 0) is 12.8 Å². The van der Waals surface area contributed by atoms with Gasteiger partial charge >= 0.3 is 0 Å². The number of allylic oxidation sites excluding steroid dienone is 2. The molecule has 25 heavy (non-hydrogen) atoms. The van der Waals surface area contributed by atoms with Crippen molar-refractivity contribution in [3.63, 3.8) is 0 Å². The van der Waals surface area contributed by atoms with E-state index in [0.29, 0.717) is 5.92 Å². The Morgan fingerprint density at radius 2 is 2.08 bits per heavy atom. The van der Waals surface area contributed by atoms with Gasteiger partial charge in [-0.25, -0.2) is 0 Å². The van der Waals surface area contributed by atoms with Gasteiger partial charge in [-0.1, -0.05) is 50.1 Å². The molecule has 0 radical (unpaired) electrons. The van der Waals surface area contributed by atoms with Crippen LogP contribution in [0, 0.1) is 5.92 Å². The number of fused-ring (bicyclic) bond motifs is 1. The van der Waals surface area contributed by atoms with Crippen LogP contribution in [0.15, 0.2) is 30.4 Å². The predicted octanol–water partition coefficient (Wildman–Crippen LogP) is 6.30. The van der Waals surface area contributed by atoms with Crippen molar-refractivity contribution in [3.05, 3.63) is 47.0 Å². The lowest BCUT2D eigenvalue weighted by atomic mass is 9.79. The molecule has 0 aromatic heterocycles. The van der Waals surface area contributed by atoms with E-state index in [4.69, 9.17) is 5.73 Å². The molecule has 0 unspecified atom stereocenters. The quantitative estimate of drug-likeness (QED) is 0.457. The Morgan fingerprint density at radius 3 is 2.84 bits per heavy atom. The Labute approximate surface area is 155 Å². The van der Waals surface area contributed by atoms with E-state index in [9.17, 15) is 0 Å². The SMILES string of the molecule is C/C=C/CCCC[C@@H]1CCc2cc([C@H]3CC[C@](N)(CC)C3)ccc2C1. The fourth-order valence-electron chi connectivity index (χ4n) is 4.97. The Kier molecular flexibility index (Phi) is 6.39. The van der Waals surface area contributed by atoms with Crippen LogP contribution in [0.5, 0.6) is 0 Å². The van der Waals surface area contributed by atoms with Crippen LogP contribution in [-0.4, -0.2) is 5.54 Å². The first-order valence-electron chi connectivity index (χ1n) is 10.7. The topological polar surface area (TPSA) is 26.0 Å². The Bertz CT molecular complexity index is 588. The molecule has 1 fully saturated rings. The summed E-state index contributed by atoms with van der Waals surface area (Å²) in [7, 11) is 0. The van der Waals surface area contributed by atoms with E-state index in [-0.39, 0.29) is 5.54 Å². The molecule has 0 heterocycles. The zero-order chi connectivity index (χ0) is 17.7. The Morgan fingerprint density at radius 1 is 1.20 bits per heavy atom. The second-order valence-electron chi connectivity index (χ2n) is 8.65. The number of aryl methyl sites for hydroxylation is 1. The molecular weight excluding hydrogens is 302 g/mol. The molecular formula is C24H37N. The average Bonchev–Trinajstić information content (AvgIpc) is 3.04. The summed E-state index contributed by atoms with van der Waals surface area (Å²) in [5.41, 5.74) is 11.4. The minimum atomic E-state index is 0.0959. The highest BCUT2D eigenvalue weighted by molar-refractivity contribution is 5.36. The highest BCUT2D eigenvalue weighted by Gasteiger charge is 2.35. The van der Waals surface area contributed by atoms with Crippen molar-refractivity contribution >= 4 is 0 Å². The van der Waals surface area contributed by atoms with Crippen molar-refractivity contribution in [2.45, 2.75) is 95.9 Å². The van der Waals surface area contributed by atoms with Gasteiger partial charge in [-0.05, 0) is 93.2 Å². The van der Waals surface area contributed by atoms with Crippen molar-refractivity contribution in [1.29, 1.82) is 0 Å². The summed E-state index contributed by atoms with van der Waals surface area (Å²) in [6.45, 7) is 4.36. The molecule has 1 nitrogen and oxygen atoms in total. The lowest BCUT2D eigenvalue weighted by Gasteiger charge is -2.26. The minimum Gasteiger partial charge on any atom is -0.325 e. The van der Waals surface area contributed by atoms with Crippen LogP contribution in [0.3, 0.4) is 0 Å². The van der Waals surface area contributed by atoms with Crippen LogP contribution in [0.4, 0.5) is 0 Å². The van der Waals surface area contributed by atoms with Gasteiger partial charge in [0.25, 0.3) is 0 Å². The van der Waals surface area contributed by atoms with Crippen LogP contribution in [0.25, 0.3) is 0 Å². The first-order chi connectivity index (χ1) is 12.1. The molecule has 0 saturated heterocycles. The number of unbranched alkanes of at least 4 members (excludes halogenated alkanes) is 2. The van der Waals surface area contributed by atoms with Crippen molar-refractivity contribution in [2.24, 2.45) is 11.7 Å². The van der Waals surface area contributed by atoms with Crippen LogP contribution >= 0.6 is 0 Å². The molecule has 1 aromatic carbocycles. The maximum Gasteiger partial charge on any atom is 0.0157 e. The van der Waals surface area contributed by atoms with Crippen molar-refractivity contribution in [3.8, 4) is 0 Å². The van der Waals surface area contributed by atoms with Crippen molar-refractivity contribution < 1.29 is 0 Å². The molecule has 2 N–H and O–H groups in total. The number of benzene rings is 1. The smallest absolute Gasteiger partial charge is 0.0157 e. The maximum atomic E-state index is 6.51. The van der Waals surface area contributed by atoms with Gasteiger partial charge in [-0.15, -0.1) is 0 Å². The largest absolute Gasteiger partial charge is 0.325 e. The summed E-state index contributed by atoms with van der Waals surface area (Å²) in [6.07, 6.45) is 18.6. The fraction of sp³-hybridized carbons (Fsp3) is 0.667. The molecule has 138 valence electrons. The summed E-state index contributed by atoms with van der Waals surface area (Å²) in [5.74, 6) is 1.60. The van der Waals surface area contributed by atoms with Crippen molar-refractivity contribution in [2.75, 3.05) is 0 Å². The van der Waals surface area contributed by atoms with Crippen molar-refractivity contribution in [1.82, 2.24) is 0 Å². The summed E-state index contributed by atoms with van der Waals surface area (Å²) >= 11 is 0. The average molecular weight is 340 g/mol. The lowest BCUT2D eigenvalue weighted by molar-refractivity contribution is 0.409. The Hall–Kier alpha value is -1.08. The number of nitrogens with two attached hydrogens (primary N) is 1.